The summed E-state index contributed by atoms with van der Waals surface area (Å²) in [4.78, 5) is 14.5. The van der Waals surface area contributed by atoms with Crippen LogP contribution in [0.5, 0.6) is 0 Å². The maximum absolute atomic E-state index is 12.3. The number of ether oxygens (including phenoxy) is 1. The van der Waals surface area contributed by atoms with Crippen LogP contribution in [-0.2, 0) is 25.9 Å². The Balaban J connectivity index is 1.48. The average Bonchev–Trinajstić information content (AvgIpc) is 2.67. The van der Waals surface area contributed by atoms with Crippen LogP contribution in [-0.4, -0.2) is 57.3 Å². The predicted octanol–water partition coefficient (Wildman–Crippen LogP) is 2.13. The number of benzene rings is 2. The van der Waals surface area contributed by atoms with Gasteiger partial charge in [0.05, 0.1) is 17.6 Å². The highest BCUT2D eigenvalue weighted by molar-refractivity contribution is 7.92. The normalized spacial score (nSPS) is 18.0. The highest BCUT2D eigenvalue weighted by Gasteiger charge is 2.23. The van der Waals surface area contributed by atoms with Gasteiger partial charge in [0.15, 0.2) is 9.84 Å². The van der Waals surface area contributed by atoms with Crippen LogP contribution in [0, 0.1) is 0 Å². The second-order valence-electron chi connectivity index (χ2n) is 6.73. The molecular weight excluding hydrogens is 400 g/mol. The standard InChI is InChI=1S/C20H23ClN2O4S/c21-17-6-8-19(9-7-17)28(25,26)15-20(24)22-12-18-14-23(10-11-27-18)13-16-4-2-1-3-5-16/h1-9,18H,10-15H2,(H,22,24). The lowest BCUT2D eigenvalue weighted by molar-refractivity contribution is -0.119. The fourth-order valence-electron chi connectivity index (χ4n) is 3.07. The summed E-state index contributed by atoms with van der Waals surface area (Å²) in [5.41, 5.74) is 1.22. The van der Waals surface area contributed by atoms with Gasteiger partial charge in [-0.2, -0.15) is 0 Å². The Kier molecular flexibility index (Phi) is 7.07. The maximum atomic E-state index is 12.3. The van der Waals surface area contributed by atoms with Crippen LogP contribution in [0.1, 0.15) is 5.56 Å². The Morgan fingerprint density at radius 1 is 1.14 bits per heavy atom. The lowest BCUT2D eigenvalue weighted by atomic mass is 10.2. The number of nitrogens with one attached hydrogen (secondary N) is 1. The number of amides is 1. The molecular formula is C20H23ClN2O4S. The first-order valence-electron chi connectivity index (χ1n) is 9.05. The van der Waals surface area contributed by atoms with Crippen molar-refractivity contribution in [2.45, 2.75) is 17.5 Å². The highest BCUT2D eigenvalue weighted by Crippen LogP contribution is 2.15. The van der Waals surface area contributed by atoms with Gasteiger partial charge < -0.3 is 10.1 Å². The Labute approximate surface area is 170 Å². The Hall–Kier alpha value is -1.93. The van der Waals surface area contributed by atoms with E-state index in [-0.39, 0.29) is 17.5 Å². The molecule has 1 N–H and O–H groups in total. The van der Waals surface area contributed by atoms with Crippen LogP contribution < -0.4 is 5.32 Å². The largest absolute Gasteiger partial charge is 0.374 e. The van der Waals surface area contributed by atoms with Gasteiger partial charge in [-0.15, -0.1) is 0 Å². The molecule has 150 valence electrons. The van der Waals surface area contributed by atoms with Crippen molar-refractivity contribution < 1.29 is 17.9 Å². The third kappa shape index (κ3) is 6.04. The summed E-state index contributed by atoms with van der Waals surface area (Å²) in [6, 6.07) is 15.9. The second-order valence-corrected chi connectivity index (χ2v) is 9.16. The van der Waals surface area contributed by atoms with E-state index in [1.165, 1.54) is 29.8 Å². The van der Waals surface area contributed by atoms with E-state index in [4.69, 9.17) is 16.3 Å². The minimum atomic E-state index is -3.70. The number of halogens is 1. The molecule has 3 rings (SSSR count). The monoisotopic (exact) mass is 422 g/mol. The van der Waals surface area contributed by atoms with E-state index >= 15 is 0 Å². The zero-order chi connectivity index (χ0) is 20.0. The fourth-order valence-corrected chi connectivity index (χ4v) is 4.36. The molecule has 1 atom stereocenters. The number of nitrogens with zero attached hydrogens (tertiary/aromatic N) is 1. The van der Waals surface area contributed by atoms with Crippen LogP contribution >= 0.6 is 11.6 Å². The van der Waals surface area contributed by atoms with Gasteiger partial charge in [0, 0.05) is 31.2 Å². The molecule has 1 aliphatic rings. The topological polar surface area (TPSA) is 75.7 Å². The Morgan fingerprint density at radius 3 is 2.57 bits per heavy atom. The Bertz CT molecular complexity index is 888. The van der Waals surface area contributed by atoms with E-state index in [0.717, 1.165) is 13.1 Å². The van der Waals surface area contributed by atoms with Crippen molar-refractivity contribution >= 4 is 27.3 Å². The van der Waals surface area contributed by atoms with Crippen LogP contribution in [0.15, 0.2) is 59.5 Å². The maximum Gasteiger partial charge on any atom is 0.235 e. The SMILES string of the molecule is O=C(CS(=O)(=O)c1ccc(Cl)cc1)NCC1CN(Cc2ccccc2)CCO1. The van der Waals surface area contributed by atoms with Gasteiger partial charge in [-0.05, 0) is 29.8 Å². The minimum absolute atomic E-state index is 0.0787. The van der Waals surface area contributed by atoms with E-state index in [1.807, 2.05) is 18.2 Å². The number of carbonyl (C=O) groups excluding carboxylic acids is 1. The van der Waals surface area contributed by atoms with Crippen molar-refractivity contribution in [3.63, 3.8) is 0 Å². The summed E-state index contributed by atoms with van der Waals surface area (Å²) < 4.78 is 30.3. The number of morpholine rings is 1. The molecule has 0 aromatic heterocycles. The van der Waals surface area contributed by atoms with Gasteiger partial charge in [0.1, 0.15) is 5.75 Å². The molecule has 1 aliphatic heterocycles. The van der Waals surface area contributed by atoms with Gasteiger partial charge in [0.2, 0.25) is 5.91 Å². The second kappa shape index (κ2) is 9.52. The zero-order valence-corrected chi connectivity index (χ0v) is 17.0. The minimum Gasteiger partial charge on any atom is -0.374 e. The average molecular weight is 423 g/mol. The van der Waals surface area contributed by atoms with Crippen LogP contribution in [0.2, 0.25) is 5.02 Å². The van der Waals surface area contributed by atoms with Gasteiger partial charge in [0.25, 0.3) is 0 Å². The fraction of sp³-hybridized carbons (Fsp3) is 0.350. The third-order valence-corrected chi connectivity index (χ3v) is 6.38. The molecule has 1 saturated heterocycles. The molecule has 1 amide bonds. The van der Waals surface area contributed by atoms with Crippen molar-refractivity contribution in [1.29, 1.82) is 0 Å². The van der Waals surface area contributed by atoms with E-state index in [9.17, 15) is 13.2 Å². The van der Waals surface area contributed by atoms with E-state index in [0.29, 0.717) is 18.2 Å². The number of carbonyl (C=O) groups is 1. The molecule has 8 heteroatoms. The zero-order valence-electron chi connectivity index (χ0n) is 15.4. The molecule has 1 fully saturated rings. The molecule has 0 bridgehead atoms. The first-order chi connectivity index (χ1) is 13.4. The summed E-state index contributed by atoms with van der Waals surface area (Å²) >= 11 is 5.77. The molecule has 6 nitrogen and oxygen atoms in total. The number of hydrogen-bond acceptors (Lipinski definition) is 5. The van der Waals surface area contributed by atoms with Crippen molar-refractivity contribution in [2.75, 3.05) is 32.0 Å². The molecule has 0 spiro atoms. The molecule has 2 aromatic rings. The smallest absolute Gasteiger partial charge is 0.235 e. The van der Waals surface area contributed by atoms with Gasteiger partial charge in [-0.1, -0.05) is 41.9 Å². The molecule has 28 heavy (non-hydrogen) atoms. The summed E-state index contributed by atoms with van der Waals surface area (Å²) in [7, 11) is -3.70. The Morgan fingerprint density at radius 2 is 1.86 bits per heavy atom. The number of hydrogen-bond donors (Lipinski definition) is 1. The lowest BCUT2D eigenvalue weighted by Crippen LogP contribution is -2.47. The van der Waals surface area contributed by atoms with Crippen molar-refractivity contribution in [3.05, 3.63) is 65.2 Å². The summed E-state index contributed by atoms with van der Waals surface area (Å²) in [5, 5.41) is 3.12. The van der Waals surface area contributed by atoms with E-state index < -0.39 is 21.5 Å². The quantitative estimate of drug-likeness (QED) is 0.739. The van der Waals surface area contributed by atoms with Crippen molar-refractivity contribution in [1.82, 2.24) is 10.2 Å². The van der Waals surface area contributed by atoms with Gasteiger partial charge in [-0.3, -0.25) is 9.69 Å². The lowest BCUT2D eigenvalue weighted by Gasteiger charge is -2.33. The predicted molar refractivity (Wildman–Crippen MR) is 108 cm³/mol. The first-order valence-corrected chi connectivity index (χ1v) is 11.1. The van der Waals surface area contributed by atoms with Crippen LogP contribution in [0.3, 0.4) is 0 Å². The number of rotatable bonds is 7. The van der Waals surface area contributed by atoms with Crippen molar-refractivity contribution in [3.8, 4) is 0 Å². The summed E-state index contributed by atoms with van der Waals surface area (Å²) in [6.07, 6.45) is -0.167. The van der Waals surface area contributed by atoms with Crippen LogP contribution in [0.25, 0.3) is 0 Å². The molecule has 0 aliphatic carbocycles. The van der Waals surface area contributed by atoms with Crippen LogP contribution in [0.4, 0.5) is 0 Å². The molecule has 2 aromatic carbocycles. The molecule has 1 heterocycles. The molecule has 0 saturated carbocycles. The van der Waals surface area contributed by atoms with Gasteiger partial charge in [-0.25, -0.2) is 8.42 Å². The van der Waals surface area contributed by atoms with E-state index in [2.05, 4.69) is 22.3 Å². The summed E-state index contributed by atoms with van der Waals surface area (Å²) in [6.45, 7) is 3.18. The van der Waals surface area contributed by atoms with Crippen molar-refractivity contribution in [2.24, 2.45) is 0 Å². The third-order valence-electron chi connectivity index (χ3n) is 4.49. The molecule has 0 radical (unpaired) electrons. The summed E-state index contributed by atoms with van der Waals surface area (Å²) in [5.74, 6) is -1.14. The highest BCUT2D eigenvalue weighted by atomic mass is 35.5. The first kappa shape index (κ1) is 20.8. The van der Waals surface area contributed by atoms with E-state index in [1.54, 1.807) is 0 Å². The van der Waals surface area contributed by atoms with Gasteiger partial charge >= 0.3 is 0 Å². The molecule has 1 unspecified atom stereocenters. The number of sulfone groups is 1.